The Labute approximate surface area is 138 Å². The predicted molar refractivity (Wildman–Crippen MR) is 84.3 cm³/mol. The number of aromatic nitrogens is 1. The van der Waals surface area contributed by atoms with Crippen molar-refractivity contribution in [2.75, 3.05) is 19.8 Å². The number of halogens is 2. The molecule has 1 aromatic carbocycles. The number of hydroxylamine groups is 2. The van der Waals surface area contributed by atoms with Gasteiger partial charge in [0.05, 0.1) is 11.4 Å². The average molecular weight is 333 g/mol. The van der Waals surface area contributed by atoms with Gasteiger partial charge in [0.2, 0.25) is 5.95 Å². The lowest BCUT2D eigenvalue weighted by Gasteiger charge is -2.21. The second kappa shape index (κ2) is 6.94. The Morgan fingerprint density at radius 2 is 1.79 bits per heavy atom. The summed E-state index contributed by atoms with van der Waals surface area (Å²) in [5, 5.41) is 20.5. The molecule has 0 radical (unpaired) electrons. The van der Waals surface area contributed by atoms with E-state index in [2.05, 4.69) is 4.98 Å². The van der Waals surface area contributed by atoms with Crippen LogP contribution in [-0.2, 0) is 0 Å². The van der Waals surface area contributed by atoms with Gasteiger partial charge in [-0.15, -0.1) is 0 Å². The number of nitrogens with zero attached hydrogens (tertiary/aromatic N) is 3. The molecule has 0 atom stereocenters. The molecule has 0 fully saturated rings. The van der Waals surface area contributed by atoms with Crippen LogP contribution in [0.4, 0.5) is 8.78 Å². The third-order valence-corrected chi connectivity index (χ3v) is 3.81. The van der Waals surface area contributed by atoms with Crippen LogP contribution in [0.15, 0.2) is 42.6 Å². The third-order valence-electron chi connectivity index (χ3n) is 3.81. The molecule has 0 saturated heterocycles. The summed E-state index contributed by atoms with van der Waals surface area (Å²) in [6.07, 6.45) is 1.85. The van der Waals surface area contributed by atoms with E-state index in [9.17, 15) is 14.0 Å². The standard InChI is InChI=1S/C17H17F2N3O2/c18-14-4-2-12(3-5-14)17-16(13-6-7-20-15(19)10-13)21(8-1-9-23)11-22(17)24/h2-7,10,23-24H,1,8-9,11H2. The van der Waals surface area contributed by atoms with Crippen LogP contribution in [0, 0.1) is 11.8 Å². The molecule has 0 amide bonds. The first-order valence-corrected chi connectivity index (χ1v) is 7.54. The lowest BCUT2D eigenvalue weighted by molar-refractivity contribution is -0.0435. The van der Waals surface area contributed by atoms with E-state index in [4.69, 9.17) is 5.11 Å². The van der Waals surface area contributed by atoms with Gasteiger partial charge in [0.25, 0.3) is 0 Å². The summed E-state index contributed by atoms with van der Waals surface area (Å²) < 4.78 is 26.8. The van der Waals surface area contributed by atoms with E-state index in [0.29, 0.717) is 35.5 Å². The summed E-state index contributed by atoms with van der Waals surface area (Å²) in [6, 6.07) is 8.65. The van der Waals surface area contributed by atoms with E-state index in [1.54, 1.807) is 18.2 Å². The first kappa shape index (κ1) is 16.4. The first-order valence-electron chi connectivity index (χ1n) is 7.54. The molecule has 5 nitrogen and oxygen atoms in total. The minimum atomic E-state index is -0.628. The van der Waals surface area contributed by atoms with Crippen LogP contribution in [0.25, 0.3) is 11.4 Å². The summed E-state index contributed by atoms with van der Waals surface area (Å²) in [4.78, 5) is 5.39. The van der Waals surface area contributed by atoms with E-state index in [1.807, 2.05) is 4.90 Å². The summed E-state index contributed by atoms with van der Waals surface area (Å²) in [7, 11) is 0. The quantitative estimate of drug-likeness (QED) is 0.824. The Hall–Kier alpha value is -2.51. The molecule has 0 unspecified atom stereocenters. The fourth-order valence-corrected chi connectivity index (χ4v) is 2.78. The molecule has 0 aliphatic carbocycles. The number of hydrogen-bond donors (Lipinski definition) is 2. The van der Waals surface area contributed by atoms with Crippen molar-refractivity contribution in [1.82, 2.24) is 14.9 Å². The number of aliphatic hydroxyl groups is 1. The van der Waals surface area contributed by atoms with Crippen molar-refractivity contribution in [3.8, 4) is 0 Å². The average Bonchev–Trinajstić information content (AvgIpc) is 2.90. The van der Waals surface area contributed by atoms with E-state index < -0.39 is 5.95 Å². The summed E-state index contributed by atoms with van der Waals surface area (Å²) in [5.74, 6) is -1.01. The molecule has 126 valence electrons. The monoisotopic (exact) mass is 333 g/mol. The highest BCUT2D eigenvalue weighted by Crippen LogP contribution is 2.36. The lowest BCUT2D eigenvalue weighted by atomic mass is 10.1. The van der Waals surface area contributed by atoms with E-state index in [1.165, 1.54) is 24.4 Å². The van der Waals surface area contributed by atoms with Gasteiger partial charge in [0.15, 0.2) is 0 Å². The smallest absolute Gasteiger partial charge is 0.213 e. The molecular formula is C17H17F2N3O2. The van der Waals surface area contributed by atoms with Crippen LogP contribution < -0.4 is 0 Å². The lowest BCUT2D eigenvalue weighted by Crippen LogP contribution is -2.26. The first-order chi connectivity index (χ1) is 11.6. The topological polar surface area (TPSA) is 59.8 Å². The van der Waals surface area contributed by atoms with Crippen molar-refractivity contribution in [1.29, 1.82) is 0 Å². The SMILES string of the molecule is OCCCN1CN(O)C(c2ccc(F)cc2)=C1c1ccnc(F)c1. The molecule has 1 aromatic heterocycles. The van der Waals surface area contributed by atoms with Crippen LogP contribution in [0.5, 0.6) is 0 Å². The van der Waals surface area contributed by atoms with Crippen molar-refractivity contribution in [2.45, 2.75) is 6.42 Å². The molecule has 0 bridgehead atoms. The van der Waals surface area contributed by atoms with Gasteiger partial charge < -0.3 is 10.0 Å². The molecule has 0 spiro atoms. The Bertz CT molecular complexity index is 750. The molecule has 3 rings (SSSR count). The minimum Gasteiger partial charge on any atom is -0.396 e. The molecule has 0 saturated carbocycles. The van der Waals surface area contributed by atoms with Gasteiger partial charge >= 0.3 is 0 Å². The van der Waals surface area contributed by atoms with Crippen LogP contribution in [0.2, 0.25) is 0 Å². The molecule has 7 heteroatoms. The molecule has 1 aliphatic rings. The highest BCUT2D eigenvalue weighted by Gasteiger charge is 2.30. The van der Waals surface area contributed by atoms with Crippen molar-refractivity contribution >= 4 is 11.4 Å². The van der Waals surface area contributed by atoms with Crippen molar-refractivity contribution in [3.05, 3.63) is 65.5 Å². The molecule has 2 N–H and O–H groups in total. The van der Waals surface area contributed by atoms with E-state index in [-0.39, 0.29) is 19.1 Å². The van der Waals surface area contributed by atoms with Gasteiger partial charge in [-0.25, -0.2) is 14.4 Å². The van der Waals surface area contributed by atoms with Gasteiger partial charge in [-0.1, -0.05) is 0 Å². The third kappa shape index (κ3) is 3.22. The summed E-state index contributed by atoms with van der Waals surface area (Å²) >= 11 is 0. The van der Waals surface area contributed by atoms with Gasteiger partial charge in [-0.05, 0) is 36.8 Å². The molecule has 2 aromatic rings. The van der Waals surface area contributed by atoms with Crippen LogP contribution in [0.1, 0.15) is 17.5 Å². The maximum absolute atomic E-state index is 13.6. The fourth-order valence-electron chi connectivity index (χ4n) is 2.78. The molecule has 2 heterocycles. The highest BCUT2D eigenvalue weighted by atomic mass is 19.1. The number of rotatable bonds is 5. The van der Waals surface area contributed by atoms with E-state index in [0.717, 1.165) is 5.06 Å². The number of benzene rings is 1. The van der Waals surface area contributed by atoms with Gasteiger partial charge in [-0.3, -0.25) is 5.21 Å². The second-order valence-corrected chi connectivity index (χ2v) is 5.45. The fraction of sp³-hybridized carbons (Fsp3) is 0.235. The Morgan fingerprint density at radius 3 is 2.46 bits per heavy atom. The van der Waals surface area contributed by atoms with Crippen molar-refractivity contribution in [2.24, 2.45) is 0 Å². The molecular weight excluding hydrogens is 316 g/mol. The maximum Gasteiger partial charge on any atom is 0.213 e. The molecule has 1 aliphatic heterocycles. The zero-order chi connectivity index (χ0) is 17.1. The zero-order valence-electron chi connectivity index (χ0n) is 12.9. The predicted octanol–water partition coefficient (Wildman–Crippen LogP) is 2.53. The number of pyridine rings is 1. The largest absolute Gasteiger partial charge is 0.396 e. The molecule has 24 heavy (non-hydrogen) atoms. The van der Waals surface area contributed by atoms with Crippen LogP contribution >= 0.6 is 0 Å². The second-order valence-electron chi connectivity index (χ2n) is 5.45. The Balaban J connectivity index is 2.12. The summed E-state index contributed by atoms with van der Waals surface area (Å²) in [5.41, 5.74) is 2.23. The van der Waals surface area contributed by atoms with Gasteiger partial charge in [-0.2, -0.15) is 4.39 Å². The van der Waals surface area contributed by atoms with Crippen LogP contribution in [0.3, 0.4) is 0 Å². The highest BCUT2D eigenvalue weighted by molar-refractivity contribution is 5.90. The summed E-state index contributed by atoms with van der Waals surface area (Å²) in [6.45, 7) is 0.662. The van der Waals surface area contributed by atoms with E-state index >= 15 is 0 Å². The van der Waals surface area contributed by atoms with Crippen molar-refractivity contribution in [3.63, 3.8) is 0 Å². The number of aliphatic hydroxyl groups excluding tert-OH is 1. The Kier molecular flexibility index (Phi) is 4.73. The normalized spacial score (nSPS) is 14.7. The van der Waals surface area contributed by atoms with Crippen LogP contribution in [-0.4, -0.2) is 45.1 Å². The van der Waals surface area contributed by atoms with Gasteiger partial charge in [0.1, 0.15) is 12.5 Å². The zero-order valence-corrected chi connectivity index (χ0v) is 12.9. The number of hydrogen-bond acceptors (Lipinski definition) is 5. The Morgan fingerprint density at radius 1 is 1.04 bits per heavy atom. The maximum atomic E-state index is 13.6. The van der Waals surface area contributed by atoms with Crippen molar-refractivity contribution < 1.29 is 19.1 Å². The minimum absolute atomic E-state index is 0.00575. The van der Waals surface area contributed by atoms with Gasteiger partial charge in [0, 0.05) is 36.5 Å².